The summed E-state index contributed by atoms with van der Waals surface area (Å²) in [5.74, 6) is -1.13. The van der Waals surface area contributed by atoms with Gasteiger partial charge in [0.05, 0.1) is 5.69 Å². The molecule has 0 radical (unpaired) electrons. The maximum atomic E-state index is 12.2. The first-order chi connectivity index (χ1) is 10.0. The third kappa shape index (κ3) is 3.68. The molecular weight excluding hydrogens is 308 g/mol. The summed E-state index contributed by atoms with van der Waals surface area (Å²) in [6.07, 6.45) is 2.01. The molecule has 2 heterocycles. The highest BCUT2D eigenvalue weighted by atomic mass is 32.1. The minimum Gasteiger partial charge on any atom is -0.478 e. The van der Waals surface area contributed by atoms with Crippen molar-refractivity contribution in [2.75, 3.05) is 11.9 Å². The number of carboxylic acids is 1. The second kappa shape index (κ2) is 6.82. The predicted molar refractivity (Wildman–Crippen MR) is 84.5 cm³/mol. The fraction of sp³-hybridized carbons (Fsp3) is 0.357. The lowest BCUT2D eigenvalue weighted by molar-refractivity contribution is -0.118. The Hall–Kier alpha value is -1.73. The molecule has 5 nitrogen and oxygen atoms in total. The maximum absolute atomic E-state index is 12.2. The number of anilines is 1. The summed E-state index contributed by atoms with van der Waals surface area (Å²) in [6.45, 7) is 1.64. The van der Waals surface area contributed by atoms with Crippen LogP contribution in [0.15, 0.2) is 17.5 Å². The van der Waals surface area contributed by atoms with Gasteiger partial charge in [0, 0.05) is 18.3 Å². The number of nitrogens with zero attached hydrogens (tertiary/aromatic N) is 2. The van der Waals surface area contributed by atoms with E-state index in [1.165, 1.54) is 9.78 Å². The molecule has 21 heavy (non-hydrogen) atoms. The molecule has 1 amide bonds. The van der Waals surface area contributed by atoms with Gasteiger partial charge in [0.15, 0.2) is 0 Å². The van der Waals surface area contributed by atoms with Crippen molar-refractivity contribution in [1.82, 2.24) is 4.37 Å². The normalized spacial score (nSPS) is 10.6. The molecule has 2 aromatic rings. The number of aromatic carboxylic acids is 1. The zero-order chi connectivity index (χ0) is 15.4. The second-order valence-corrected chi connectivity index (χ2v) is 6.42. The van der Waals surface area contributed by atoms with Gasteiger partial charge in [-0.2, -0.15) is 4.37 Å². The molecule has 0 aromatic carbocycles. The van der Waals surface area contributed by atoms with Gasteiger partial charge in [-0.15, -0.1) is 11.3 Å². The zero-order valence-electron chi connectivity index (χ0n) is 11.8. The van der Waals surface area contributed by atoms with Crippen LogP contribution >= 0.6 is 22.9 Å². The summed E-state index contributed by atoms with van der Waals surface area (Å²) in [7, 11) is 1.60. The number of carboxylic acid groups (broad SMARTS) is 1. The van der Waals surface area contributed by atoms with E-state index in [1.54, 1.807) is 25.3 Å². The van der Waals surface area contributed by atoms with E-state index >= 15 is 0 Å². The molecule has 0 saturated heterocycles. The lowest BCUT2D eigenvalue weighted by Crippen LogP contribution is -2.26. The second-order valence-electron chi connectivity index (χ2n) is 4.64. The molecular formula is C14H16N2O3S2. The summed E-state index contributed by atoms with van der Waals surface area (Å²) in [5, 5.41) is 11.6. The SMILES string of the molecule is Cc1nsc(N(C)C(=O)CCCc2cccs2)c1C(=O)O. The van der Waals surface area contributed by atoms with Crippen molar-refractivity contribution in [3.8, 4) is 0 Å². The van der Waals surface area contributed by atoms with Crippen LogP contribution in [-0.4, -0.2) is 28.4 Å². The maximum Gasteiger partial charge on any atom is 0.340 e. The van der Waals surface area contributed by atoms with Gasteiger partial charge < -0.3 is 10.0 Å². The highest BCUT2D eigenvalue weighted by molar-refractivity contribution is 7.11. The Kier molecular flexibility index (Phi) is 5.08. The van der Waals surface area contributed by atoms with E-state index in [0.29, 0.717) is 17.1 Å². The fourth-order valence-corrected chi connectivity index (χ4v) is 3.60. The molecule has 0 spiro atoms. The Labute approximate surface area is 131 Å². The standard InChI is InChI=1S/C14H16N2O3S2/c1-9-12(14(18)19)13(21-15-9)16(2)11(17)7-3-5-10-6-4-8-20-10/h4,6,8H,3,5,7H2,1-2H3,(H,18,19). The average molecular weight is 324 g/mol. The number of rotatable bonds is 6. The first-order valence-corrected chi connectivity index (χ1v) is 8.14. The summed E-state index contributed by atoms with van der Waals surface area (Å²) >= 11 is 2.73. The van der Waals surface area contributed by atoms with E-state index in [1.807, 2.05) is 17.5 Å². The third-order valence-corrected chi connectivity index (χ3v) is 5.08. The number of hydrogen-bond donors (Lipinski definition) is 1. The third-order valence-electron chi connectivity index (χ3n) is 3.13. The topological polar surface area (TPSA) is 70.5 Å². The van der Waals surface area contributed by atoms with Crippen LogP contribution in [0.4, 0.5) is 5.00 Å². The molecule has 2 aromatic heterocycles. The van der Waals surface area contributed by atoms with Gasteiger partial charge in [0.25, 0.3) is 0 Å². The lowest BCUT2D eigenvalue weighted by Gasteiger charge is -2.15. The molecule has 112 valence electrons. The van der Waals surface area contributed by atoms with Crippen molar-refractivity contribution in [2.45, 2.75) is 26.2 Å². The Morgan fingerprint density at radius 3 is 2.81 bits per heavy atom. The summed E-state index contributed by atoms with van der Waals surface area (Å²) in [6, 6.07) is 4.04. The Balaban J connectivity index is 1.97. The van der Waals surface area contributed by atoms with E-state index in [-0.39, 0.29) is 11.5 Å². The van der Waals surface area contributed by atoms with Crippen LogP contribution in [0.3, 0.4) is 0 Å². The first-order valence-electron chi connectivity index (χ1n) is 6.49. The van der Waals surface area contributed by atoms with Gasteiger partial charge in [-0.3, -0.25) is 4.79 Å². The number of amides is 1. The minimum atomic E-state index is -1.05. The van der Waals surface area contributed by atoms with Crippen molar-refractivity contribution in [1.29, 1.82) is 0 Å². The van der Waals surface area contributed by atoms with Crippen LogP contribution in [0.1, 0.15) is 33.8 Å². The number of aromatic nitrogens is 1. The van der Waals surface area contributed by atoms with E-state index in [2.05, 4.69) is 4.37 Å². The molecule has 2 rings (SSSR count). The van der Waals surface area contributed by atoms with E-state index in [0.717, 1.165) is 24.4 Å². The molecule has 0 atom stereocenters. The molecule has 0 aliphatic heterocycles. The number of carbonyl (C=O) groups is 2. The smallest absolute Gasteiger partial charge is 0.340 e. The Morgan fingerprint density at radius 1 is 1.43 bits per heavy atom. The summed E-state index contributed by atoms with van der Waals surface area (Å²) < 4.78 is 4.03. The van der Waals surface area contributed by atoms with Crippen molar-refractivity contribution in [2.24, 2.45) is 0 Å². The van der Waals surface area contributed by atoms with Crippen LogP contribution in [0.2, 0.25) is 0 Å². The van der Waals surface area contributed by atoms with Gasteiger partial charge >= 0.3 is 5.97 Å². The number of carbonyl (C=O) groups excluding carboxylic acids is 1. The van der Waals surface area contributed by atoms with E-state index in [9.17, 15) is 14.7 Å². The van der Waals surface area contributed by atoms with Gasteiger partial charge in [-0.05, 0) is 42.7 Å². The summed E-state index contributed by atoms with van der Waals surface area (Å²) in [5.41, 5.74) is 0.565. The van der Waals surface area contributed by atoms with Crippen LogP contribution in [0.25, 0.3) is 0 Å². The van der Waals surface area contributed by atoms with Crippen molar-refractivity contribution >= 4 is 39.7 Å². The van der Waals surface area contributed by atoms with E-state index in [4.69, 9.17) is 0 Å². The molecule has 0 fully saturated rings. The fourth-order valence-electron chi connectivity index (χ4n) is 1.98. The number of thiophene rings is 1. The molecule has 0 aliphatic rings. The monoisotopic (exact) mass is 324 g/mol. The predicted octanol–water partition coefficient (Wildman–Crippen LogP) is 3.20. The van der Waals surface area contributed by atoms with Gasteiger partial charge in [-0.25, -0.2) is 4.79 Å². The molecule has 0 bridgehead atoms. The molecule has 0 unspecified atom stereocenters. The Bertz CT molecular complexity index is 635. The van der Waals surface area contributed by atoms with Crippen LogP contribution in [-0.2, 0) is 11.2 Å². The van der Waals surface area contributed by atoms with Crippen LogP contribution in [0, 0.1) is 6.92 Å². The minimum absolute atomic E-state index is 0.0855. The lowest BCUT2D eigenvalue weighted by atomic mass is 10.2. The number of hydrogen-bond acceptors (Lipinski definition) is 5. The van der Waals surface area contributed by atoms with Crippen molar-refractivity contribution < 1.29 is 14.7 Å². The van der Waals surface area contributed by atoms with Gasteiger partial charge in [-0.1, -0.05) is 6.07 Å². The molecule has 7 heteroatoms. The molecule has 1 N–H and O–H groups in total. The Morgan fingerprint density at radius 2 is 2.19 bits per heavy atom. The van der Waals surface area contributed by atoms with Crippen LogP contribution < -0.4 is 4.90 Å². The van der Waals surface area contributed by atoms with Crippen molar-refractivity contribution in [3.05, 3.63) is 33.6 Å². The molecule has 0 saturated carbocycles. The van der Waals surface area contributed by atoms with Gasteiger partial charge in [0.1, 0.15) is 10.6 Å². The highest BCUT2D eigenvalue weighted by Gasteiger charge is 2.23. The largest absolute Gasteiger partial charge is 0.478 e. The average Bonchev–Trinajstić information content (AvgIpc) is 3.07. The van der Waals surface area contributed by atoms with E-state index < -0.39 is 5.97 Å². The first kappa shape index (κ1) is 15.7. The van der Waals surface area contributed by atoms with Gasteiger partial charge in [0.2, 0.25) is 5.91 Å². The summed E-state index contributed by atoms with van der Waals surface area (Å²) in [4.78, 5) is 26.1. The zero-order valence-corrected chi connectivity index (χ0v) is 13.5. The quantitative estimate of drug-likeness (QED) is 0.886. The van der Waals surface area contributed by atoms with Crippen LogP contribution in [0.5, 0.6) is 0 Å². The molecule has 0 aliphatic carbocycles. The number of aryl methyl sites for hydroxylation is 2. The highest BCUT2D eigenvalue weighted by Crippen LogP contribution is 2.28. The van der Waals surface area contributed by atoms with Crippen molar-refractivity contribution in [3.63, 3.8) is 0 Å².